The zero-order valence-corrected chi connectivity index (χ0v) is 7.86. The summed E-state index contributed by atoms with van der Waals surface area (Å²) in [6.07, 6.45) is 0. The first-order valence-electron chi connectivity index (χ1n) is 3.26. The van der Waals surface area contributed by atoms with Gasteiger partial charge in [0, 0.05) is 11.4 Å². The Bertz CT molecular complexity index is 317. The minimum absolute atomic E-state index is 0.398. The monoisotopic (exact) mass is 207 g/mol. The molecule has 1 heterocycles. The van der Waals surface area contributed by atoms with Crippen molar-refractivity contribution >= 4 is 21.5 Å². The second-order valence-corrected chi connectivity index (χ2v) is 4.72. The third-order valence-corrected chi connectivity index (χ3v) is 2.61. The van der Waals surface area contributed by atoms with Crippen LogP contribution in [0.2, 0.25) is 0 Å². The van der Waals surface area contributed by atoms with E-state index in [0.29, 0.717) is 6.54 Å². The summed E-state index contributed by atoms with van der Waals surface area (Å²) in [4.78, 5) is 1.04. The first kappa shape index (κ1) is 9.66. The zero-order chi connectivity index (χ0) is 9.03. The highest BCUT2D eigenvalue weighted by atomic mass is 32.2. The maximum absolute atomic E-state index is 10.3. The lowest BCUT2D eigenvalue weighted by Gasteiger charge is -1.98. The van der Waals surface area contributed by atoms with Gasteiger partial charge in [-0.05, 0) is 11.4 Å². The minimum atomic E-state index is -3.88. The molecule has 0 atom stereocenters. The maximum Gasteiger partial charge on any atom is 0.278 e. The van der Waals surface area contributed by atoms with Crippen LogP contribution in [0.1, 0.15) is 4.88 Å². The summed E-state index contributed by atoms with van der Waals surface area (Å²) in [6, 6.07) is 3.77. The van der Waals surface area contributed by atoms with Gasteiger partial charge in [0.25, 0.3) is 10.1 Å². The number of hydrogen-bond donors (Lipinski definition) is 2. The summed E-state index contributed by atoms with van der Waals surface area (Å²) < 4.78 is 28.9. The number of nitrogens with one attached hydrogen (secondary N) is 1. The Hall–Kier alpha value is -0.430. The van der Waals surface area contributed by atoms with Crippen molar-refractivity contribution in [1.29, 1.82) is 0 Å². The second-order valence-electron chi connectivity index (χ2n) is 2.23. The average Bonchev–Trinajstić information content (AvgIpc) is 2.36. The molecule has 0 spiro atoms. The predicted molar refractivity (Wildman–Crippen MR) is 47.6 cm³/mol. The second kappa shape index (κ2) is 3.99. The minimum Gasteiger partial charge on any atom is -0.297 e. The van der Waals surface area contributed by atoms with E-state index in [1.165, 1.54) is 11.3 Å². The molecule has 12 heavy (non-hydrogen) atoms. The molecule has 0 radical (unpaired) electrons. The van der Waals surface area contributed by atoms with Gasteiger partial charge in [0.2, 0.25) is 0 Å². The first-order valence-corrected chi connectivity index (χ1v) is 5.75. The van der Waals surface area contributed by atoms with Crippen LogP contribution in [0, 0.1) is 0 Å². The van der Waals surface area contributed by atoms with E-state index < -0.39 is 16.0 Å². The number of rotatable bonds is 4. The van der Waals surface area contributed by atoms with E-state index in [4.69, 9.17) is 4.55 Å². The van der Waals surface area contributed by atoms with Crippen LogP contribution >= 0.6 is 11.3 Å². The molecule has 0 fully saturated rings. The molecular weight excluding hydrogens is 198 g/mol. The van der Waals surface area contributed by atoms with Crippen LogP contribution < -0.4 is 5.32 Å². The SMILES string of the molecule is O=S(=O)(O)CNCc1cccs1. The van der Waals surface area contributed by atoms with E-state index >= 15 is 0 Å². The van der Waals surface area contributed by atoms with Crippen LogP contribution in [-0.4, -0.2) is 18.8 Å². The van der Waals surface area contributed by atoms with Gasteiger partial charge in [-0.15, -0.1) is 11.3 Å². The van der Waals surface area contributed by atoms with Crippen molar-refractivity contribution < 1.29 is 13.0 Å². The molecule has 6 heteroatoms. The third kappa shape index (κ3) is 3.82. The fourth-order valence-electron chi connectivity index (χ4n) is 0.716. The van der Waals surface area contributed by atoms with E-state index in [2.05, 4.69) is 5.32 Å². The van der Waals surface area contributed by atoms with Gasteiger partial charge in [0.15, 0.2) is 0 Å². The molecule has 0 aliphatic heterocycles. The predicted octanol–water partition coefficient (Wildman–Crippen LogP) is 0.683. The standard InChI is InChI=1S/C6H9NO3S2/c8-12(9,10)5-7-4-6-2-1-3-11-6/h1-3,7H,4-5H2,(H,8,9,10). The van der Waals surface area contributed by atoms with E-state index in [9.17, 15) is 8.42 Å². The Balaban J connectivity index is 2.29. The molecule has 0 aromatic carbocycles. The van der Waals surface area contributed by atoms with Gasteiger partial charge < -0.3 is 0 Å². The molecule has 1 rings (SSSR count). The Kier molecular flexibility index (Phi) is 3.21. The Labute approximate surface area is 75.0 Å². The Morgan fingerprint density at radius 2 is 2.33 bits per heavy atom. The van der Waals surface area contributed by atoms with Crippen molar-refractivity contribution in [3.8, 4) is 0 Å². The van der Waals surface area contributed by atoms with E-state index in [-0.39, 0.29) is 0 Å². The van der Waals surface area contributed by atoms with Crippen LogP contribution in [0.5, 0.6) is 0 Å². The maximum atomic E-state index is 10.3. The van der Waals surface area contributed by atoms with Crippen molar-refractivity contribution in [3.63, 3.8) is 0 Å². The lowest BCUT2D eigenvalue weighted by Crippen LogP contribution is -2.21. The van der Waals surface area contributed by atoms with E-state index in [1.807, 2.05) is 17.5 Å². The molecule has 0 bridgehead atoms. The summed E-state index contributed by atoms with van der Waals surface area (Å²) >= 11 is 1.53. The highest BCUT2D eigenvalue weighted by Crippen LogP contribution is 2.06. The van der Waals surface area contributed by atoms with Crippen molar-refractivity contribution in [2.45, 2.75) is 6.54 Å². The summed E-state index contributed by atoms with van der Waals surface area (Å²) in [6.45, 7) is 0.470. The number of hydrogen-bond acceptors (Lipinski definition) is 4. The summed E-state index contributed by atoms with van der Waals surface area (Å²) in [5.41, 5.74) is 0. The average molecular weight is 207 g/mol. The van der Waals surface area contributed by atoms with E-state index in [1.54, 1.807) is 0 Å². The Morgan fingerprint density at radius 3 is 2.83 bits per heavy atom. The van der Waals surface area contributed by atoms with Gasteiger partial charge in [0.1, 0.15) is 5.88 Å². The molecule has 0 aliphatic carbocycles. The zero-order valence-electron chi connectivity index (χ0n) is 6.23. The van der Waals surface area contributed by atoms with Gasteiger partial charge in [-0.2, -0.15) is 8.42 Å². The Morgan fingerprint density at radius 1 is 1.58 bits per heavy atom. The van der Waals surface area contributed by atoms with Gasteiger partial charge in [-0.3, -0.25) is 9.87 Å². The summed E-state index contributed by atoms with van der Waals surface area (Å²) in [7, 11) is -3.88. The van der Waals surface area contributed by atoms with Crippen LogP contribution in [-0.2, 0) is 16.7 Å². The van der Waals surface area contributed by atoms with Gasteiger partial charge in [0.05, 0.1) is 0 Å². The van der Waals surface area contributed by atoms with Crippen LogP contribution in [0.4, 0.5) is 0 Å². The molecule has 68 valence electrons. The molecule has 1 aromatic heterocycles. The highest BCUT2D eigenvalue weighted by Gasteiger charge is 2.02. The smallest absolute Gasteiger partial charge is 0.278 e. The summed E-state index contributed by atoms with van der Waals surface area (Å²) in [5, 5.41) is 4.51. The van der Waals surface area contributed by atoms with Crippen molar-refractivity contribution in [2.75, 3.05) is 5.88 Å². The van der Waals surface area contributed by atoms with E-state index in [0.717, 1.165) is 4.88 Å². The lowest BCUT2D eigenvalue weighted by molar-refractivity contribution is 0.476. The normalized spacial score (nSPS) is 11.8. The van der Waals surface area contributed by atoms with Gasteiger partial charge >= 0.3 is 0 Å². The first-order chi connectivity index (χ1) is 5.58. The van der Waals surface area contributed by atoms with Crippen LogP contribution in [0.15, 0.2) is 17.5 Å². The summed E-state index contributed by atoms with van der Waals surface area (Å²) in [5.74, 6) is -0.398. The molecular formula is C6H9NO3S2. The van der Waals surface area contributed by atoms with Crippen molar-refractivity contribution in [3.05, 3.63) is 22.4 Å². The highest BCUT2D eigenvalue weighted by molar-refractivity contribution is 7.85. The molecule has 1 aromatic rings. The quantitative estimate of drug-likeness (QED) is 0.713. The van der Waals surface area contributed by atoms with Gasteiger partial charge in [-0.1, -0.05) is 6.07 Å². The molecule has 0 unspecified atom stereocenters. The van der Waals surface area contributed by atoms with Crippen LogP contribution in [0.25, 0.3) is 0 Å². The topological polar surface area (TPSA) is 66.4 Å². The molecule has 0 saturated heterocycles. The molecule has 0 aliphatic rings. The van der Waals surface area contributed by atoms with Crippen molar-refractivity contribution in [1.82, 2.24) is 5.32 Å². The van der Waals surface area contributed by atoms with Crippen molar-refractivity contribution in [2.24, 2.45) is 0 Å². The fraction of sp³-hybridized carbons (Fsp3) is 0.333. The molecule has 0 saturated carbocycles. The number of thiophene rings is 1. The lowest BCUT2D eigenvalue weighted by atomic mass is 10.5. The van der Waals surface area contributed by atoms with Crippen LogP contribution in [0.3, 0.4) is 0 Å². The fourth-order valence-corrected chi connectivity index (χ4v) is 1.75. The third-order valence-electron chi connectivity index (χ3n) is 1.16. The molecule has 2 N–H and O–H groups in total. The molecule has 4 nitrogen and oxygen atoms in total. The largest absolute Gasteiger partial charge is 0.297 e. The molecule has 0 amide bonds. The van der Waals surface area contributed by atoms with Gasteiger partial charge in [-0.25, -0.2) is 0 Å².